The number of nitrogens with two attached hydrogens (primary N) is 1. The van der Waals surface area contributed by atoms with E-state index in [1.165, 1.54) is 0 Å². The predicted octanol–water partition coefficient (Wildman–Crippen LogP) is 2.64. The molecule has 0 fully saturated rings. The average molecular weight is 250 g/mol. The number of hydrogen-bond acceptors (Lipinski definition) is 2. The van der Waals surface area contributed by atoms with Crippen molar-refractivity contribution in [3.05, 3.63) is 29.8 Å². The Kier molecular flexibility index (Phi) is 4.23. The lowest BCUT2D eigenvalue weighted by molar-refractivity contribution is -0.121. The number of nitrogens with one attached hydrogen (secondary N) is 1. The fourth-order valence-corrected chi connectivity index (χ4v) is 1.59. The summed E-state index contributed by atoms with van der Waals surface area (Å²) < 4.78 is 0. The SMILES string of the molecule is CCC(C)(C(=O)Nc1ccc(C)cc1)C(N)=S. The third-order valence-electron chi connectivity index (χ3n) is 3.06. The quantitative estimate of drug-likeness (QED) is 0.808. The molecule has 3 nitrogen and oxygen atoms in total. The number of carbonyl (C=O) groups is 1. The summed E-state index contributed by atoms with van der Waals surface area (Å²) >= 11 is 4.96. The van der Waals surface area contributed by atoms with Gasteiger partial charge in [0, 0.05) is 5.69 Å². The summed E-state index contributed by atoms with van der Waals surface area (Å²) in [4.78, 5) is 12.3. The van der Waals surface area contributed by atoms with E-state index >= 15 is 0 Å². The number of anilines is 1. The van der Waals surface area contributed by atoms with Crippen molar-refractivity contribution in [2.45, 2.75) is 27.2 Å². The summed E-state index contributed by atoms with van der Waals surface area (Å²) in [6.07, 6.45) is 0.583. The molecule has 1 rings (SSSR count). The molecule has 92 valence electrons. The summed E-state index contributed by atoms with van der Waals surface area (Å²) in [7, 11) is 0. The Balaban J connectivity index is 2.85. The third-order valence-corrected chi connectivity index (χ3v) is 3.51. The van der Waals surface area contributed by atoms with Gasteiger partial charge in [-0.2, -0.15) is 0 Å². The molecule has 0 bridgehead atoms. The first kappa shape index (κ1) is 13.6. The first-order valence-electron chi connectivity index (χ1n) is 5.58. The highest BCUT2D eigenvalue weighted by molar-refractivity contribution is 7.80. The van der Waals surface area contributed by atoms with Gasteiger partial charge in [0.1, 0.15) is 0 Å². The minimum Gasteiger partial charge on any atom is -0.392 e. The maximum Gasteiger partial charge on any atom is 0.237 e. The van der Waals surface area contributed by atoms with Crippen LogP contribution in [0, 0.1) is 12.3 Å². The molecule has 1 atom stereocenters. The molecule has 1 amide bonds. The first-order chi connectivity index (χ1) is 7.90. The van der Waals surface area contributed by atoms with Crippen LogP contribution < -0.4 is 11.1 Å². The Morgan fingerprint density at radius 2 is 1.94 bits per heavy atom. The van der Waals surface area contributed by atoms with E-state index in [4.69, 9.17) is 18.0 Å². The van der Waals surface area contributed by atoms with Gasteiger partial charge in [-0.3, -0.25) is 4.79 Å². The zero-order valence-electron chi connectivity index (χ0n) is 10.4. The van der Waals surface area contributed by atoms with Crippen molar-refractivity contribution < 1.29 is 4.79 Å². The van der Waals surface area contributed by atoms with Gasteiger partial charge in [0.25, 0.3) is 0 Å². The molecule has 0 radical (unpaired) electrons. The van der Waals surface area contributed by atoms with Gasteiger partial charge < -0.3 is 11.1 Å². The lowest BCUT2D eigenvalue weighted by atomic mass is 9.86. The monoisotopic (exact) mass is 250 g/mol. The normalized spacial score (nSPS) is 13.8. The number of benzene rings is 1. The smallest absolute Gasteiger partial charge is 0.237 e. The van der Waals surface area contributed by atoms with E-state index in [1.807, 2.05) is 38.1 Å². The summed E-state index contributed by atoms with van der Waals surface area (Å²) in [6.45, 7) is 5.66. The zero-order chi connectivity index (χ0) is 13.1. The number of aryl methyl sites for hydroxylation is 1. The Morgan fingerprint density at radius 1 is 1.41 bits per heavy atom. The minimum atomic E-state index is -0.791. The van der Waals surface area contributed by atoms with E-state index < -0.39 is 5.41 Å². The maximum absolute atomic E-state index is 12.1. The van der Waals surface area contributed by atoms with Crippen molar-refractivity contribution in [2.24, 2.45) is 11.1 Å². The molecule has 0 aliphatic carbocycles. The maximum atomic E-state index is 12.1. The number of hydrogen-bond donors (Lipinski definition) is 2. The topological polar surface area (TPSA) is 55.1 Å². The molecule has 1 aromatic rings. The molecule has 17 heavy (non-hydrogen) atoms. The predicted molar refractivity (Wildman–Crippen MR) is 75.0 cm³/mol. The van der Waals surface area contributed by atoms with Gasteiger partial charge in [-0.1, -0.05) is 36.8 Å². The molecule has 4 heteroatoms. The molecule has 0 aromatic heterocycles. The van der Waals surface area contributed by atoms with Gasteiger partial charge in [-0.25, -0.2) is 0 Å². The second-order valence-electron chi connectivity index (χ2n) is 4.37. The summed E-state index contributed by atoms with van der Waals surface area (Å²) in [6, 6.07) is 7.62. The van der Waals surface area contributed by atoms with Gasteiger partial charge >= 0.3 is 0 Å². The number of carbonyl (C=O) groups excluding carboxylic acids is 1. The van der Waals surface area contributed by atoms with Crippen molar-refractivity contribution >= 4 is 28.8 Å². The van der Waals surface area contributed by atoms with Crippen LogP contribution in [0.25, 0.3) is 0 Å². The Hall–Kier alpha value is -1.42. The van der Waals surface area contributed by atoms with E-state index in [1.54, 1.807) is 6.92 Å². The highest BCUT2D eigenvalue weighted by atomic mass is 32.1. The lowest BCUT2D eigenvalue weighted by Gasteiger charge is -2.25. The number of rotatable bonds is 4. The zero-order valence-corrected chi connectivity index (χ0v) is 11.2. The fraction of sp³-hybridized carbons (Fsp3) is 0.385. The van der Waals surface area contributed by atoms with Crippen molar-refractivity contribution in [1.82, 2.24) is 0 Å². The van der Waals surface area contributed by atoms with Crippen LogP contribution in [0.3, 0.4) is 0 Å². The second kappa shape index (κ2) is 5.27. The largest absolute Gasteiger partial charge is 0.392 e. The second-order valence-corrected chi connectivity index (χ2v) is 4.81. The van der Waals surface area contributed by atoms with Crippen LogP contribution in [-0.2, 0) is 4.79 Å². The molecule has 3 N–H and O–H groups in total. The van der Waals surface area contributed by atoms with Crippen molar-refractivity contribution in [2.75, 3.05) is 5.32 Å². The van der Waals surface area contributed by atoms with Gasteiger partial charge in [0.05, 0.1) is 10.4 Å². The van der Waals surface area contributed by atoms with Crippen molar-refractivity contribution in [3.8, 4) is 0 Å². The molecular weight excluding hydrogens is 232 g/mol. The highest BCUT2D eigenvalue weighted by Crippen LogP contribution is 2.24. The molecule has 0 spiro atoms. The average Bonchev–Trinajstić information content (AvgIpc) is 2.30. The Morgan fingerprint density at radius 3 is 2.35 bits per heavy atom. The molecule has 1 aromatic carbocycles. The molecule has 0 saturated carbocycles. The van der Waals surface area contributed by atoms with Gasteiger partial charge in [0.15, 0.2) is 0 Å². The first-order valence-corrected chi connectivity index (χ1v) is 5.99. The van der Waals surface area contributed by atoms with Crippen LogP contribution in [0.4, 0.5) is 5.69 Å². The van der Waals surface area contributed by atoms with Crippen LogP contribution in [0.5, 0.6) is 0 Å². The molecule has 0 aliphatic rings. The standard InChI is InChI=1S/C13H18N2OS/c1-4-13(3,11(14)17)12(16)15-10-7-5-9(2)6-8-10/h5-8H,4H2,1-3H3,(H2,14,17)(H,15,16). The van der Waals surface area contributed by atoms with Crippen LogP contribution in [-0.4, -0.2) is 10.9 Å². The molecule has 0 saturated heterocycles. The fourth-order valence-electron chi connectivity index (χ4n) is 1.35. The minimum absolute atomic E-state index is 0.156. The van der Waals surface area contributed by atoms with Crippen LogP contribution in [0.2, 0.25) is 0 Å². The molecule has 1 unspecified atom stereocenters. The van der Waals surface area contributed by atoms with Gasteiger partial charge in [-0.15, -0.1) is 0 Å². The van der Waals surface area contributed by atoms with Crippen molar-refractivity contribution in [1.29, 1.82) is 0 Å². The van der Waals surface area contributed by atoms with Gasteiger partial charge in [0.2, 0.25) is 5.91 Å². The lowest BCUT2D eigenvalue weighted by Crippen LogP contribution is -2.43. The number of thiocarbonyl (C=S) groups is 1. The third kappa shape index (κ3) is 3.03. The molecular formula is C13H18N2OS. The van der Waals surface area contributed by atoms with E-state index in [0.29, 0.717) is 6.42 Å². The Labute approximate surface area is 107 Å². The van der Waals surface area contributed by atoms with Crippen LogP contribution in [0.15, 0.2) is 24.3 Å². The van der Waals surface area contributed by atoms with E-state index in [9.17, 15) is 4.79 Å². The highest BCUT2D eigenvalue weighted by Gasteiger charge is 2.34. The van der Waals surface area contributed by atoms with Gasteiger partial charge in [-0.05, 0) is 32.4 Å². The molecule has 0 heterocycles. The summed E-state index contributed by atoms with van der Waals surface area (Å²) in [5.74, 6) is -0.156. The summed E-state index contributed by atoms with van der Waals surface area (Å²) in [5, 5.41) is 2.84. The Bertz CT molecular complexity index is 428. The molecule has 0 aliphatic heterocycles. The van der Waals surface area contributed by atoms with E-state index in [-0.39, 0.29) is 10.9 Å². The van der Waals surface area contributed by atoms with Crippen molar-refractivity contribution in [3.63, 3.8) is 0 Å². The summed E-state index contributed by atoms with van der Waals surface area (Å²) in [5.41, 5.74) is 6.75. The van der Waals surface area contributed by atoms with Crippen LogP contribution in [0.1, 0.15) is 25.8 Å². The van der Waals surface area contributed by atoms with E-state index in [2.05, 4.69) is 5.32 Å². The van der Waals surface area contributed by atoms with Crippen LogP contribution >= 0.6 is 12.2 Å². The van der Waals surface area contributed by atoms with E-state index in [0.717, 1.165) is 11.3 Å². The number of amides is 1.